The van der Waals surface area contributed by atoms with Crippen LogP contribution in [0.3, 0.4) is 0 Å². The molecule has 0 fully saturated rings. The normalized spacial score (nSPS) is 15.1. The van der Waals surface area contributed by atoms with E-state index >= 15 is 0 Å². The van der Waals surface area contributed by atoms with Crippen LogP contribution in [-0.4, -0.2) is 18.2 Å². The lowest BCUT2D eigenvalue weighted by molar-refractivity contribution is 0.0526. The second-order valence-electron chi connectivity index (χ2n) is 4.48. The zero-order valence-electron chi connectivity index (χ0n) is 10.2. The second-order valence-corrected chi connectivity index (χ2v) is 4.48. The quantitative estimate of drug-likeness (QED) is 0.739. The van der Waals surface area contributed by atoms with Crippen molar-refractivity contribution in [2.75, 3.05) is 6.52 Å². The molecule has 1 amide bonds. The highest BCUT2D eigenvalue weighted by molar-refractivity contribution is 5.67. The van der Waals surface area contributed by atoms with E-state index in [9.17, 15) is 4.79 Å². The fourth-order valence-corrected chi connectivity index (χ4v) is 0.686. The molecule has 1 atom stereocenters. The Morgan fingerprint density at radius 1 is 1.54 bits per heavy atom. The molecule has 0 aromatic heterocycles. The maximum absolute atomic E-state index is 11.2. The molecule has 0 saturated carbocycles. The van der Waals surface area contributed by atoms with Crippen molar-refractivity contribution in [1.82, 2.24) is 5.32 Å². The molecule has 0 saturated heterocycles. The topological polar surface area (TPSA) is 38.3 Å². The van der Waals surface area contributed by atoms with Gasteiger partial charge >= 0.3 is 6.09 Å². The molecule has 0 radical (unpaired) electrons. The van der Waals surface area contributed by atoms with E-state index in [4.69, 9.17) is 6.11 Å². The number of carbonyl (C=O) groups excluding carboxylic acids is 1. The Hall–Kier alpha value is -0.730. The van der Waals surface area contributed by atoms with Crippen LogP contribution in [0.1, 0.15) is 42.4 Å². The molecule has 0 aromatic rings. The van der Waals surface area contributed by atoms with Crippen molar-refractivity contribution in [3.8, 4) is 0 Å². The van der Waals surface area contributed by atoms with Crippen LogP contribution in [0.2, 0.25) is 0 Å². The van der Waals surface area contributed by atoms with Gasteiger partial charge in [-0.1, -0.05) is 13.8 Å². The molecule has 0 spiro atoms. The van der Waals surface area contributed by atoms with Gasteiger partial charge < -0.3 is 10.1 Å². The molecule has 0 heterocycles. The fraction of sp³-hybridized carbons (Fsp3) is 0.900. The van der Waals surface area contributed by atoms with Crippen LogP contribution in [0.15, 0.2) is 0 Å². The van der Waals surface area contributed by atoms with Crippen molar-refractivity contribution >= 4 is 6.09 Å². The Morgan fingerprint density at radius 2 is 2.08 bits per heavy atom. The molecule has 0 bridgehead atoms. The van der Waals surface area contributed by atoms with Gasteiger partial charge in [0, 0.05) is 7.89 Å². The summed E-state index contributed by atoms with van der Waals surface area (Å²) in [5.41, 5.74) is -0.498. The smallest absolute Gasteiger partial charge is 0.407 e. The Kier molecular flexibility index (Phi) is 4.06. The number of amides is 1. The largest absolute Gasteiger partial charge is 0.444 e. The molecule has 78 valence electrons. The molecule has 1 unspecified atom stereocenters. The number of hydrogen-bond acceptors (Lipinski definition) is 2. The van der Waals surface area contributed by atoms with Gasteiger partial charge in [-0.25, -0.2) is 4.79 Å². The molecule has 0 aliphatic rings. The van der Waals surface area contributed by atoms with E-state index in [1.807, 2.05) is 13.8 Å². The minimum atomic E-state index is -0.579. The first-order valence-electron chi connectivity index (χ1n) is 5.20. The Bertz CT molecular complexity index is 187. The molecular formula is C10H21NO2. The Labute approximate surface area is 82.3 Å². The molecule has 0 aromatic carbocycles. The number of nitrogens with one attached hydrogen (secondary N) is 1. The van der Waals surface area contributed by atoms with E-state index in [-0.39, 0.29) is 0 Å². The third-order valence-electron chi connectivity index (χ3n) is 1.21. The average molecular weight is 188 g/mol. The number of hydrogen-bond donors (Lipinski definition) is 1. The van der Waals surface area contributed by atoms with Gasteiger partial charge in [0.1, 0.15) is 5.60 Å². The molecule has 1 N–H and O–H groups in total. The van der Waals surface area contributed by atoms with Gasteiger partial charge in [-0.05, 0) is 33.1 Å². The van der Waals surface area contributed by atoms with Crippen LogP contribution < -0.4 is 5.32 Å². The highest BCUT2D eigenvalue weighted by Gasteiger charge is 2.15. The van der Waals surface area contributed by atoms with Gasteiger partial charge in [0.25, 0.3) is 0 Å². The molecular weight excluding hydrogens is 166 g/mol. The van der Waals surface area contributed by atoms with Crippen molar-refractivity contribution in [3.05, 3.63) is 0 Å². The predicted octanol–water partition coefficient (Wildman–Crippen LogP) is 2.56. The maximum atomic E-state index is 11.2. The monoisotopic (exact) mass is 188 g/mol. The summed E-state index contributed by atoms with van der Waals surface area (Å²) in [7, 11) is 0. The molecule has 0 aliphatic heterocycles. The van der Waals surface area contributed by atoms with E-state index in [1.165, 1.54) is 0 Å². The lowest BCUT2D eigenvalue weighted by atomic mass is 10.1. The summed E-state index contributed by atoms with van der Waals surface area (Å²) >= 11 is 0. The van der Waals surface area contributed by atoms with E-state index in [1.54, 1.807) is 20.8 Å². The van der Waals surface area contributed by atoms with E-state index in [0.29, 0.717) is 12.3 Å². The van der Waals surface area contributed by atoms with Gasteiger partial charge in [0.2, 0.25) is 0 Å². The lowest BCUT2D eigenvalue weighted by Crippen LogP contribution is -2.33. The van der Waals surface area contributed by atoms with E-state index in [0.717, 1.165) is 0 Å². The first-order chi connectivity index (χ1) is 6.20. The number of carbonyl (C=O) groups is 1. The van der Waals surface area contributed by atoms with Gasteiger partial charge in [0.05, 0.1) is 0 Å². The minimum Gasteiger partial charge on any atom is -0.444 e. The third-order valence-corrected chi connectivity index (χ3v) is 1.21. The minimum absolute atomic E-state index is 0.396. The van der Waals surface area contributed by atoms with Crippen molar-refractivity contribution in [2.24, 2.45) is 5.92 Å². The summed E-state index contributed by atoms with van der Waals surface area (Å²) in [5.74, 6) is 0.396. The zero-order chi connectivity index (χ0) is 11.4. The van der Waals surface area contributed by atoms with Crippen molar-refractivity contribution in [1.29, 1.82) is 0 Å². The van der Waals surface area contributed by atoms with Gasteiger partial charge in [-0.15, -0.1) is 0 Å². The summed E-state index contributed by atoms with van der Waals surface area (Å²) in [6, 6.07) is 0. The summed E-state index contributed by atoms with van der Waals surface area (Å²) in [6.07, 6.45) is 0.123. The lowest BCUT2D eigenvalue weighted by Gasteiger charge is -2.19. The number of alkyl carbamates (subject to hydrolysis) is 1. The van der Waals surface area contributed by atoms with Crippen molar-refractivity contribution in [3.63, 3.8) is 0 Å². The summed E-state index contributed by atoms with van der Waals surface area (Å²) < 4.78 is 12.5. The standard InChI is InChI=1S/C10H21NO2/c1-8(2)6-7-11-9(12)13-10(3,4)5/h8H,6-7H2,1-5H3,(H,11,12)/i7D. The van der Waals surface area contributed by atoms with Crippen LogP contribution in [0.5, 0.6) is 0 Å². The van der Waals surface area contributed by atoms with Gasteiger partial charge in [-0.2, -0.15) is 0 Å². The molecule has 0 aliphatic carbocycles. The number of ether oxygens (including phenoxy) is 1. The van der Waals surface area contributed by atoms with Crippen LogP contribution in [0.4, 0.5) is 4.79 Å². The molecule has 0 rings (SSSR count). The zero-order valence-corrected chi connectivity index (χ0v) is 9.18. The number of rotatable bonds is 3. The SMILES string of the molecule is [2H]C(CC(C)C)NC(=O)OC(C)(C)C. The summed E-state index contributed by atoms with van der Waals surface area (Å²) in [5, 5.41) is 2.47. The summed E-state index contributed by atoms with van der Waals surface area (Å²) in [6.45, 7) is 8.84. The Balaban J connectivity index is 3.83. The Morgan fingerprint density at radius 3 is 2.46 bits per heavy atom. The molecule has 3 heteroatoms. The van der Waals surface area contributed by atoms with Crippen molar-refractivity contribution < 1.29 is 10.9 Å². The van der Waals surface area contributed by atoms with Crippen LogP contribution >= 0.6 is 0 Å². The van der Waals surface area contributed by atoms with E-state index < -0.39 is 18.2 Å². The van der Waals surface area contributed by atoms with Crippen LogP contribution in [0, 0.1) is 5.92 Å². The third kappa shape index (κ3) is 9.18. The highest BCUT2D eigenvalue weighted by Crippen LogP contribution is 2.06. The van der Waals surface area contributed by atoms with Crippen LogP contribution in [-0.2, 0) is 4.74 Å². The van der Waals surface area contributed by atoms with Gasteiger partial charge in [-0.3, -0.25) is 0 Å². The first kappa shape index (κ1) is 10.4. The average Bonchev–Trinajstić information content (AvgIpc) is 1.77. The maximum Gasteiger partial charge on any atom is 0.407 e. The predicted molar refractivity (Wildman–Crippen MR) is 53.7 cm³/mol. The van der Waals surface area contributed by atoms with E-state index in [2.05, 4.69) is 5.32 Å². The summed E-state index contributed by atoms with van der Waals surface area (Å²) in [4.78, 5) is 11.2. The van der Waals surface area contributed by atoms with Gasteiger partial charge in [0.15, 0.2) is 0 Å². The van der Waals surface area contributed by atoms with Crippen LogP contribution in [0.25, 0.3) is 0 Å². The fourth-order valence-electron chi connectivity index (χ4n) is 0.686. The first-order valence-corrected chi connectivity index (χ1v) is 4.62. The molecule has 13 heavy (non-hydrogen) atoms. The highest BCUT2D eigenvalue weighted by atomic mass is 16.6. The molecule has 3 nitrogen and oxygen atoms in total. The second kappa shape index (κ2) is 5.10. The van der Waals surface area contributed by atoms with Crippen molar-refractivity contribution in [2.45, 2.75) is 46.6 Å².